The fourth-order valence-corrected chi connectivity index (χ4v) is 3.59. The Labute approximate surface area is 122 Å². The topological polar surface area (TPSA) is 8.17 Å². The third-order valence-corrected chi connectivity index (χ3v) is 4.78. The molecule has 2 nitrogen and oxygen atoms in total. The van der Waals surface area contributed by atoms with Crippen molar-refractivity contribution in [1.82, 2.24) is 9.47 Å². The van der Waals surface area contributed by atoms with Crippen molar-refractivity contribution in [3.8, 4) is 11.3 Å². The molecule has 1 aromatic heterocycles. The SMILES string of the molecule is Cc1cn(C)c(-c2ccc3c(c2)C(N(C)C)CC3)c1C. The average molecular weight is 268 g/mol. The van der Waals surface area contributed by atoms with Gasteiger partial charge in [-0.1, -0.05) is 12.1 Å². The highest BCUT2D eigenvalue weighted by Gasteiger charge is 2.25. The minimum atomic E-state index is 0.576. The molecular weight excluding hydrogens is 244 g/mol. The molecule has 0 saturated heterocycles. The predicted octanol–water partition coefficient (Wildman–Crippen LogP) is 3.86. The summed E-state index contributed by atoms with van der Waals surface area (Å²) in [6.45, 7) is 4.41. The number of rotatable bonds is 2. The minimum Gasteiger partial charge on any atom is -0.350 e. The monoisotopic (exact) mass is 268 g/mol. The van der Waals surface area contributed by atoms with Crippen LogP contribution in [0.15, 0.2) is 24.4 Å². The molecule has 1 aliphatic rings. The summed E-state index contributed by atoms with van der Waals surface area (Å²) in [5.41, 5.74) is 8.51. The molecular formula is C18H24N2. The number of nitrogens with zero attached hydrogens (tertiary/aromatic N) is 2. The summed E-state index contributed by atoms with van der Waals surface area (Å²) in [5, 5.41) is 0. The van der Waals surface area contributed by atoms with Gasteiger partial charge in [0.05, 0.1) is 5.69 Å². The summed E-state index contributed by atoms with van der Waals surface area (Å²) in [6.07, 6.45) is 4.68. The minimum absolute atomic E-state index is 0.576. The third kappa shape index (κ3) is 1.99. The zero-order chi connectivity index (χ0) is 14.4. The van der Waals surface area contributed by atoms with E-state index in [2.05, 4.69) is 68.9 Å². The van der Waals surface area contributed by atoms with Gasteiger partial charge in [-0.05, 0) is 74.7 Å². The molecule has 0 fully saturated rings. The quantitative estimate of drug-likeness (QED) is 0.803. The fraction of sp³-hybridized carbons (Fsp3) is 0.444. The summed E-state index contributed by atoms with van der Waals surface area (Å²) >= 11 is 0. The van der Waals surface area contributed by atoms with Crippen LogP contribution in [0.2, 0.25) is 0 Å². The highest BCUT2D eigenvalue weighted by atomic mass is 15.1. The van der Waals surface area contributed by atoms with Crippen molar-refractivity contribution in [2.75, 3.05) is 14.1 Å². The van der Waals surface area contributed by atoms with Crippen molar-refractivity contribution in [1.29, 1.82) is 0 Å². The fourth-order valence-electron chi connectivity index (χ4n) is 3.59. The normalized spacial score (nSPS) is 17.8. The third-order valence-electron chi connectivity index (χ3n) is 4.78. The highest BCUT2D eigenvalue weighted by molar-refractivity contribution is 5.67. The zero-order valence-electron chi connectivity index (χ0n) is 13.2. The number of hydrogen-bond acceptors (Lipinski definition) is 1. The van der Waals surface area contributed by atoms with E-state index in [9.17, 15) is 0 Å². The van der Waals surface area contributed by atoms with Crippen LogP contribution in [0, 0.1) is 13.8 Å². The number of fused-ring (bicyclic) bond motifs is 1. The first-order valence-electron chi connectivity index (χ1n) is 7.41. The Morgan fingerprint density at radius 2 is 1.95 bits per heavy atom. The summed E-state index contributed by atoms with van der Waals surface area (Å²) in [6, 6.07) is 7.61. The Kier molecular flexibility index (Phi) is 3.21. The van der Waals surface area contributed by atoms with Gasteiger partial charge in [0, 0.05) is 19.3 Å². The van der Waals surface area contributed by atoms with Crippen molar-refractivity contribution in [3.63, 3.8) is 0 Å². The van der Waals surface area contributed by atoms with E-state index in [1.165, 1.54) is 46.4 Å². The summed E-state index contributed by atoms with van der Waals surface area (Å²) < 4.78 is 2.26. The van der Waals surface area contributed by atoms with Gasteiger partial charge in [-0.3, -0.25) is 0 Å². The Bertz CT molecular complexity index is 650. The number of aromatic nitrogens is 1. The highest BCUT2D eigenvalue weighted by Crippen LogP contribution is 2.38. The lowest BCUT2D eigenvalue weighted by Crippen LogP contribution is -2.17. The van der Waals surface area contributed by atoms with Gasteiger partial charge in [0.2, 0.25) is 0 Å². The summed E-state index contributed by atoms with van der Waals surface area (Å²) in [7, 11) is 6.51. The molecule has 2 aromatic rings. The van der Waals surface area contributed by atoms with Crippen molar-refractivity contribution in [3.05, 3.63) is 46.6 Å². The molecule has 0 radical (unpaired) electrons. The van der Waals surface area contributed by atoms with Crippen molar-refractivity contribution < 1.29 is 0 Å². The van der Waals surface area contributed by atoms with Crippen LogP contribution in [0.5, 0.6) is 0 Å². The Morgan fingerprint density at radius 1 is 1.20 bits per heavy atom. The van der Waals surface area contributed by atoms with Crippen LogP contribution in [0.25, 0.3) is 11.3 Å². The van der Waals surface area contributed by atoms with Gasteiger partial charge < -0.3 is 9.47 Å². The first-order valence-corrected chi connectivity index (χ1v) is 7.41. The molecule has 1 aromatic carbocycles. The van der Waals surface area contributed by atoms with Crippen molar-refractivity contribution in [2.45, 2.75) is 32.7 Å². The molecule has 1 atom stereocenters. The first kappa shape index (κ1) is 13.4. The standard InChI is InChI=1S/C18H24N2/c1-12-11-20(5)18(13(12)2)15-7-6-14-8-9-17(19(3)4)16(14)10-15/h6-7,10-11,17H,8-9H2,1-5H3. The van der Waals surface area contributed by atoms with Crippen molar-refractivity contribution in [2.24, 2.45) is 7.05 Å². The maximum Gasteiger partial charge on any atom is 0.0510 e. The smallest absolute Gasteiger partial charge is 0.0510 e. The lowest BCUT2D eigenvalue weighted by atomic mass is 10.00. The molecule has 0 spiro atoms. The van der Waals surface area contributed by atoms with Crippen LogP contribution in [0.1, 0.15) is 34.7 Å². The Morgan fingerprint density at radius 3 is 2.55 bits per heavy atom. The van der Waals surface area contributed by atoms with Crippen LogP contribution < -0.4 is 0 Å². The second-order valence-electron chi connectivity index (χ2n) is 6.33. The maximum absolute atomic E-state index is 2.41. The molecule has 0 N–H and O–H groups in total. The van der Waals surface area contributed by atoms with Gasteiger partial charge in [0.15, 0.2) is 0 Å². The molecule has 20 heavy (non-hydrogen) atoms. The molecule has 1 unspecified atom stereocenters. The van der Waals surface area contributed by atoms with E-state index >= 15 is 0 Å². The largest absolute Gasteiger partial charge is 0.350 e. The Hall–Kier alpha value is -1.54. The van der Waals surface area contributed by atoms with E-state index in [0.29, 0.717) is 6.04 Å². The van der Waals surface area contributed by atoms with E-state index in [1.807, 2.05) is 0 Å². The van der Waals surface area contributed by atoms with Gasteiger partial charge in [-0.15, -0.1) is 0 Å². The van der Waals surface area contributed by atoms with E-state index in [-0.39, 0.29) is 0 Å². The van der Waals surface area contributed by atoms with Gasteiger partial charge in [0.1, 0.15) is 0 Å². The molecule has 1 heterocycles. The molecule has 0 saturated carbocycles. The lowest BCUT2D eigenvalue weighted by molar-refractivity contribution is 0.299. The predicted molar refractivity (Wildman–Crippen MR) is 85.1 cm³/mol. The van der Waals surface area contributed by atoms with E-state index in [1.54, 1.807) is 0 Å². The van der Waals surface area contributed by atoms with Crippen LogP contribution in [-0.2, 0) is 13.5 Å². The molecule has 1 aliphatic carbocycles. The van der Waals surface area contributed by atoms with Crippen molar-refractivity contribution >= 4 is 0 Å². The molecule has 0 amide bonds. The molecule has 2 heteroatoms. The molecule has 3 rings (SSSR count). The number of benzene rings is 1. The summed E-state index contributed by atoms with van der Waals surface area (Å²) in [4.78, 5) is 2.35. The van der Waals surface area contributed by atoms with Gasteiger partial charge >= 0.3 is 0 Å². The van der Waals surface area contributed by atoms with E-state index in [0.717, 1.165) is 0 Å². The maximum atomic E-state index is 2.41. The first-order chi connectivity index (χ1) is 9.49. The molecule has 0 bridgehead atoms. The van der Waals surface area contributed by atoms with Crippen LogP contribution in [0.4, 0.5) is 0 Å². The lowest BCUT2D eigenvalue weighted by Gasteiger charge is -2.20. The Balaban J connectivity index is 2.11. The van der Waals surface area contributed by atoms with E-state index < -0.39 is 0 Å². The van der Waals surface area contributed by atoms with Gasteiger partial charge in [-0.25, -0.2) is 0 Å². The van der Waals surface area contributed by atoms with Crippen LogP contribution in [-0.4, -0.2) is 23.6 Å². The second kappa shape index (κ2) is 4.78. The molecule has 0 aliphatic heterocycles. The van der Waals surface area contributed by atoms with Gasteiger partial charge in [0.25, 0.3) is 0 Å². The second-order valence-corrected chi connectivity index (χ2v) is 6.33. The number of aryl methyl sites for hydroxylation is 3. The van der Waals surface area contributed by atoms with E-state index in [4.69, 9.17) is 0 Å². The number of hydrogen-bond donors (Lipinski definition) is 0. The molecule has 106 valence electrons. The summed E-state index contributed by atoms with van der Waals surface area (Å²) in [5.74, 6) is 0. The van der Waals surface area contributed by atoms with Gasteiger partial charge in [-0.2, -0.15) is 0 Å². The van der Waals surface area contributed by atoms with Crippen LogP contribution >= 0.6 is 0 Å². The average Bonchev–Trinajstić information content (AvgIpc) is 2.91. The van der Waals surface area contributed by atoms with Crippen LogP contribution in [0.3, 0.4) is 0 Å². The zero-order valence-corrected chi connectivity index (χ0v) is 13.2.